The molecular formula is C24H34O2Si. The van der Waals surface area contributed by atoms with E-state index < -0.39 is 8.32 Å². The molecule has 3 aliphatic carbocycles. The molecule has 0 heterocycles. The SMILES string of the molecule is CC(C)(C)[Si](C)(C)O[C@@H](c1ccccc1)[C@]12CCC[C@H](C1=O)[C@@H]1C=C[C@H]2C1. The van der Waals surface area contributed by atoms with Crippen molar-refractivity contribution in [2.75, 3.05) is 0 Å². The highest BCUT2D eigenvalue weighted by molar-refractivity contribution is 6.74. The maximum Gasteiger partial charge on any atom is 0.192 e. The van der Waals surface area contributed by atoms with Crippen LogP contribution in [-0.2, 0) is 9.22 Å². The third kappa shape index (κ3) is 2.89. The molecule has 0 spiro atoms. The van der Waals surface area contributed by atoms with Crippen molar-refractivity contribution in [1.82, 2.24) is 0 Å². The van der Waals surface area contributed by atoms with Gasteiger partial charge in [0, 0.05) is 5.92 Å². The molecule has 0 amide bonds. The zero-order valence-corrected chi connectivity index (χ0v) is 18.5. The Kier molecular flexibility index (Phi) is 4.55. The van der Waals surface area contributed by atoms with E-state index in [1.54, 1.807) is 0 Å². The van der Waals surface area contributed by atoms with Gasteiger partial charge in [0.05, 0.1) is 11.5 Å². The highest BCUT2D eigenvalue weighted by atomic mass is 28.4. The topological polar surface area (TPSA) is 26.3 Å². The van der Waals surface area contributed by atoms with Crippen molar-refractivity contribution >= 4 is 14.1 Å². The number of allylic oxidation sites excluding steroid dienone is 2. The molecule has 27 heavy (non-hydrogen) atoms. The molecule has 0 aromatic heterocycles. The van der Waals surface area contributed by atoms with E-state index in [4.69, 9.17) is 4.43 Å². The molecule has 2 nitrogen and oxygen atoms in total. The van der Waals surface area contributed by atoms with E-state index in [2.05, 4.69) is 76.3 Å². The highest BCUT2D eigenvalue weighted by Gasteiger charge is 2.62. The predicted molar refractivity (Wildman–Crippen MR) is 113 cm³/mol. The summed E-state index contributed by atoms with van der Waals surface area (Å²) in [5.74, 6) is 1.51. The number of ketones is 1. The Morgan fingerprint density at radius 1 is 1.15 bits per heavy atom. The minimum absolute atomic E-state index is 0.122. The summed E-state index contributed by atoms with van der Waals surface area (Å²) in [5.41, 5.74) is 0.818. The quantitative estimate of drug-likeness (QED) is 0.450. The molecule has 0 N–H and O–H groups in total. The molecule has 3 heteroatoms. The van der Waals surface area contributed by atoms with Crippen LogP contribution in [0.5, 0.6) is 0 Å². The number of hydrogen-bond donors (Lipinski definition) is 0. The van der Waals surface area contributed by atoms with Gasteiger partial charge in [-0.15, -0.1) is 0 Å². The summed E-state index contributed by atoms with van der Waals surface area (Å²) in [5, 5.41) is 0.122. The van der Waals surface area contributed by atoms with Crippen LogP contribution in [0.25, 0.3) is 0 Å². The number of carbonyl (C=O) groups excluding carboxylic acids is 1. The maximum atomic E-state index is 13.8. The second-order valence-electron chi connectivity index (χ2n) is 10.5. The van der Waals surface area contributed by atoms with Gasteiger partial charge < -0.3 is 4.43 Å². The molecule has 2 saturated carbocycles. The van der Waals surface area contributed by atoms with E-state index in [-0.39, 0.29) is 22.5 Å². The van der Waals surface area contributed by atoms with Crippen LogP contribution in [0.15, 0.2) is 42.5 Å². The predicted octanol–water partition coefficient (Wildman–Crippen LogP) is 6.31. The lowest BCUT2D eigenvalue weighted by molar-refractivity contribution is -0.156. The molecule has 1 aromatic rings. The Morgan fingerprint density at radius 2 is 1.85 bits per heavy atom. The first-order valence-corrected chi connectivity index (χ1v) is 13.5. The monoisotopic (exact) mass is 382 g/mol. The van der Waals surface area contributed by atoms with Crippen molar-refractivity contribution in [3.8, 4) is 0 Å². The molecule has 4 bridgehead atoms. The first-order chi connectivity index (χ1) is 12.7. The van der Waals surface area contributed by atoms with Crippen LogP contribution in [0.3, 0.4) is 0 Å². The van der Waals surface area contributed by atoms with Gasteiger partial charge in [0.2, 0.25) is 0 Å². The van der Waals surface area contributed by atoms with E-state index in [9.17, 15) is 4.79 Å². The molecule has 0 radical (unpaired) electrons. The molecule has 5 atom stereocenters. The Morgan fingerprint density at radius 3 is 2.52 bits per heavy atom. The third-order valence-corrected chi connectivity index (χ3v) is 12.4. The minimum Gasteiger partial charge on any atom is -0.409 e. The number of benzene rings is 1. The summed E-state index contributed by atoms with van der Waals surface area (Å²) in [6.07, 6.45) is 8.90. The van der Waals surface area contributed by atoms with Gasteiger partial charge in [-0.1, -0.05) is 69.7 Å². The number of carbonyl (C=O) groups is 1. The fraction of sp³-hybridized carbons (Fsp3) is 0.625. The highest BCUT2D eigenvalue weighted by Crippen LogP contribution is 2.62. The third-order valence-electron chi connectivity index (χ3n) is 7.99. The number of rotatable bonds is 4. The van der Waals surface area contributed by atoms with Gasteiger partial charge in [-0.25, -0.2) is 0 Å². The van der Waals surface area contributed by atoms with Crippen LogP contribution in [0.2, 0.25) is 18.1 Å². The standard InChI is InChI=1S/C24H34O2Si/c1-23(2,3)27(4,5)26-22(17-10-7-6-8-11-17)24-15-9-12-20(21(24)25)18-13-14-19(24)16-18/h6-8,10-11,13-14,18-20,22H,9,12,15-16H2,1-5H3/t18-,19+,20+,22+,24+/m1/s1. The molecule has 4 rings (SSSR count). The molecule has 146 valence electrons. The zero-order chi connectivity index (χ0) is 19.4. The van der Waals surface area contributed by atoms with E-state index in [1.807, 2.05) is 0 Å². The first kappa shape index (κ1) is 19.1. The number of Topliss-reactive ketones (excluding diaryl/α,β-unsaturated/α-hetero) is 1. The van der Waals surface area contributed by atoms with Gasteiger partial charge in [-0.3, -0.25) is 4.79 Å². The van der Waals surface area contributed by atoms with Crippen molar-refractivity contribution in [3.05, 3.63) is 48.0 Å². The fourth-order valence-corrected chi connectivity index (χ4v) is 6.71. The van der Waals surface area contributed by atoms with Crippen molar-refractivity contribution in [2.45, 2.75) is 70.7 Å². The van der Waals surface area contributed by atoms with Crippen molar-refractivity contribution in [1.29, 1.82) is 0 Å². The zero-order valence-electron chi connectivity index (χ0n) is 17.5. The van der Waals surface area contributed by atoms with Gasteiger partial charge in [0.25, 0.3) is 0 Å². The van der Waals surface area contributed by atoms with Crippen molar-refractivity contribution < 1.29 is 9.22 Å². The molecule has 0 unspecified atom stereocenters. The lowest BCUT2D eigenvalue weighted by Gasteiger charge is -2.54. The van der Waals surface area contributed by atoms with E-state index in [0.29, 0.717) is 17.6 Å². The summed E-state index contributed by atoms with van der Waals surface area (Å²) in [7, 11) is -2.03. The van der Waals surface area contributed by atoms with Gasteiger partial charge in [0.1, 0.15) is 5.78 Å². The molecule has 2 fully saturated rings. The van der Waals surface area contributed by atoms with Crippen molar-refractivity contribution in [3.63, 3.8) is 0 Å². The minimum atomic E-state index is -2.03. The van der Waals surface area contributed by atoms with Crippen molar-refractivity contribution in [2.24, 2.45) is 23.2 Å². The van der Waals surface area contributed by atoms with Crippen LogP contribution in [-0.4, -0.2) is 14.1 Å². The van der Waals surface area contributed by atoms with E-state index in [1.165, 1.54) is 5.56 Å². The van der Waals surface area contributed by atoms with Crippen LogP contribution < -0.4 is 0 Å². The average Bonchev–Trinajstić information content (AvgIpc) is 3.08. The van der Waals surface area contributed by atoms with Crippen LogP contribution in [0.1, 0.15) is 58.1 Å². The smallest absolute Gasteiger partial charge is 0.192 e. The molecule has 1 aromatic carbocycles. The average molecular weight is 383 g/mol. The molecule has 0 aliphatic heterocycles. The van der Waals surface area contributed by atoms with Gasteiger partial charge in [-0.05, 0) is 54.8 Å². The normalized spacial score (nSPS) is 34.0. The largest absolute Gasteiger partial charge is 0.409 e. The number of hydrogen-bond acceptors (Lipinski definition) is 2. The summed E-state index contributed by atoms with van der Waals surface area (Å²) in [4.78, 5) is 13.8. The summed E-state index contributed by atoms with van der Waals surface area (Å²) in [6.45, 7) is 11.5. The Hall–Kier alpha value is -1.19. The second-order valence-corrected chi connectivity index (χ2v) is 15.2. The molecule has 3 aliphatic rings. The second kappa shape index (κ2) is 6.42. The maximum absolute atomic E-state index is 13.8. The number of fused-ring (bicyclic) bond motifs is 6. The van der Waals surface area contributed by atoms with Gasteiger partial charge >= 0.3 is 0 Å². The summed E-state index contributed by atoms with van der Waals surface area (Å²) >= 11 is 0. The summed E-state index contributed by atoms with van der Waals surface area (Å²) in [6, 6.07) is 10.6. The van der Waals surface area contributed by atoms with Crippen LogP contribution >= 0.6 is 0 Å². The molecular weight excluding hydrogens is 348 g/mol. The van der Waals surface area contributed by atoms with E-state index >= 15 is 0 Å². The Labute approximate surface area is 165 Å². The first-order valence-electron chi connectivity index (χ1n) is 10.6. The van der Waals surface area contributed by atoms with Gasteiger partial charge in [-0.2, -0.15) is 0 Å². The van der Waals surface area contributed by atoms with Gasteiger partial charge in [0.15, 0.2) is 8.32 Å². The van der Waals surface area contributed by atoms with Crippen LogP contribution in [0.4, 0.5) is 0 Å². The summed E-state index contributed by atoms with van der Waals surface area (Å²) < 4.78 is 7.11. The van der Waals surface area contributed by atoms with E-state index in [0.717, 1.165) is 25.7 Å². The molecule has 0 saturated heterocycles. The Bertz CT molecular complexity index is 745. The van der Waals surface area contributed by atoms with Crippen LogP contribution in [0, 0.1) is 23.2 Å². The fourth-order valence-electron chi connectivity index (χ4n) is 5.42. The lowest BCUT2D eigenvalue weighted by atomic mass is 9.52. The lowest BCUT2D eigenvalue weighted by Crippen LogP contribution is -2.56. The Balaban J connectivity index is 1.83.